The molecule has 1 aliphatic carbocycles. The maximum Gasteiger partial charge on any atom is 0.0771 e. The summed E-state index contributed by atoms with van der Waals surface area (Å²) in [5.41, 5.74) is 0.642. The van der Waals surface area contributed by atoms with Gasteiger partial charge < -0.3 is 10.4 Å². The summed E-state index contributed by atoms with van der Waals surface area (Å²) < 4.78 is 1.01. The van der Waals surface area contributed by atoms with Gasteiger partial charge in [-0.3, -0.25) is 0 Å². The Balaban J connectivity index is 1.83. The summed E-state index contributed by atoms with van der Waals surface area (Å²) in [7, 11) is 0. The summed E-state index contributed by atoms with van der Waals surface area (Å²) in [5.74, 6) is 0.755. The van der Waals surface area contributed by atoms with Crippen LogP contribution >= 0.6 is 27.5 Å². The first-order valence-corrected chi connectivity index (χ1v) is 8.03. The van der Waals surface area contributed by atoms with Crippen molar-refractivity contribution in [3.63, 3.8) is 0 Å². The molecule has 1 saturated carbocycles. The van der Waals surface area contributed by atoms with Crippen molar-refractivity contribution in [1.82, 2.24) is 5.32 Å². The minimum Gasteiger partial charge on any atom is -0.389 e. The van der Waals surface area contributed by atoms with Gasteiger partial charge in [-0.15, -0.1) is 0 Å². The Hall–Kier alpha value is -0.0900. The zero-order valence-corrected chi connectivity index (χ0v) is 13.6. The fraction of sp³-hybridized carbons (Fsp3) is 0.600. The number of halogens is 2. The molecule has 2 N–H and O–H groups in total. The van der Waals surface area contributed by atoms with E-state index < -0.39 is 5.60 Å². The molecule has 0 aromatic heterocycles. The van der Waals surface area contributed by atoms with Crippen LogP contribution in [0.5, 0.6) is 0 Å². The van der Waals surface area contributed by atoms with E-state index in [1.165, 1.54) is 0 Å². The summed E-state index contributed by atoms with van der Waals surface area (Å²) in [4.78, 5) is 0. The second kappa shape index (κ2) is 6.57. The third kappa shape index (κ3) is 4.45. The van der Waals surface area contributed by atoms with Gasteiger partial charge in [0, 0.05) is 22.6 Å². The first-order chi connectivity index (χ1) is 8.98. The molecule has 0 spiro atoms. The van der Waals surface area contributed by atoms with Gasteiger partial charge in [0.1, 0.15) is 0 Å². The summed E-state index contributed by atoms with van der Waals surface area (Å²) in [6.07, 6.45) is 4.07. The molecule has 1 aromatic carbocycles. The van der Waals surface area contributed by atoms with Gasteiger partial charge in [-0.1, -0.05) is 40.5 Å². The highest BCUT2D eigenvalue weighted by atomic mass is 79.9. The average Bonchev–Trinajstić information content (AvgIpc) is 2.36. The normalized spacial score (nSPS) is 27.5. The third-order valence-electron chi connectivity index (χ3n) is 3.99. The molecule has 2 nitrogen and oxygen atoms in total. The van der Waals surface area contributed by atoms with Crippen molar-refractivity contribution < 1.29 is 5.11 Å². The predicted molar refractivity (Wildman–Crippen MR) is 83.4 cm³/mol. The molecule has 4 heteroatoms. The Morgan fingerprint density at radius 1 is 1.42 bits per heavy atom. The third-order valence-corrected chi connectivity index (χ3v) is 4.96. The molecule has 0 aliphatic heterocycles. The van der Waals surface area contributed by atoms with Gasteiger partial charge in [0.05, 0.1) is 5.60 Å². The molecule has 0 atom stereocenters. The molecule has 19 heavy (non-hydrogen) atoms. The maximum atomic E-state index is 10.5. The Bertz CT molecular complexity index is 430. The lowest BCUT2D eigenvalue weighted by molar-refractivity contribution is -0.00631. The van der Waals surface area contributed by atoms with Crippen molar-refractivity contribution in [1.29, 1.82) is 0 Å². The number of benzene rings is 1. The van der Waals surface area contributed by atoms with Crippen LogP contribution in [0.25, 0.3) is 0 Å². The van der Waals surface area contributed by atoms with Crippen molar-refractivity contribution >= 4 is 27.5 Å². The van der Waals surface area contributed by atoms with Crippen LogP contribution in [0.2, 0.25) is 5.02 Å². The zero-order valence-electron chi connectivity index (χ0n) is 11.3. The van der Waals surface area contributed by atoms with Crippen LogP contribution in [-0.2, 0) is 6.54 Å². The van der Waals surface area contributed by atoms with Crippen molar-refractivity contribution in [2.45, 2.75) is 44.8 Å². The molecule has 0 unspecified atom stereocenters. The minimum absolute atomic E-state index is 0.522. The second-order valence-electron chi connectivity index (χ2n) is 5.75. The first-order valence-electron chi connectivity index (χ1n) is 6.85. The zero-order chi connectivity index (χ0) is 13.9. The number of aliphatic hydroxyl groups is 1. The van der Waals surface area contributed by atoms with Gasteiger partial charge in [0.15, 0.2) is 0 Å². The van der Waals surface area contributed by atoms with Gasteiger partial charge in [-0.05, 0) is 49.3 Å². The van der Waals surface area contributed by atoms with E-state index in [0.717, 1.165) is 53.2 Å². The Labute approximate surface area is 128 Å². The second-order valence-corrected chi connectivity index (χ2v) is 7.04. The van der Waals surface area contributed by atoms with E-state index in [1.54, 1.807) is 0 Å². The van der Waals surface area contributed by atoms with Crippen LogP contribution in [-0.4, -0.2) is 17.3 Å². The van der Waals surface area contributed by atoms with E-state index in [1.807, 2.05) is 18.2 Å². The molecule has 1 fully saturated rings. The average molecular weight is 347 g/mol. The number of hydrogen-bond donors (Lipinski definition) is 2. The van der Waals surface area contributed by atoms with Gasteiger partial charge in [0.2, 0.25) is 0 Å². The highest BCUT2D eigenvalue weighted by Gasteiger charge is 2.31. The van der Waals surface area contributed by atoms with E-state index in [9.17, 15) is 5.11 Å². The quantitative estimate of drug-likeness (QED) is 0.859. The van der Waals surface area contributed by atoms with Crippen LogP contribution in [0.1, 0.15) is 38.2 Å². The van der Waals surface area contributed by atoms with Crippen LogP contribution in [0.4, 0.5) is 0 Å². The van der Waals surface area contributed by atoms with E-state index in [2.05, 4.69) is 28.2 Å². The number of nitrogens with one attached hydrogen (secondary N) is 1. The fourth-order valence-corrected chi connectivity index (χ4v) is 3.39. The highest BCUT2D eigenvalue weighted by molar-refractivity contribution is 9.10. The summed E-state index contributed by atoms with van der Waals surface area (Å²) in [6, 6.07) is 5.79. The molecule has 106 valence electrons. The largest absolute Gasteiger partial charge is 0.389 e. The van der Waals surface area contributed by atoms with Gasteiger partial charge in [-0.25, -0.2) is 0 Å². The van der Waals surface area contributed by atoms with E-state index in [-0.39, 0.29) is 0 Å². The molecular formula is C15H21BrClNO. The first kappa shape index (κ1) is 15.3. The number of hydrogen-bond acceptors (Lipinski definition) is 2. The monoisotopic (exact) mass is 345 g/mol. The van der Waals surface area contributed by atoms with E-state index in [0.29, 0.717) is 6.54 Å². The Kier molecular flexibility index (Phi) is 5.29. The molecule has 0 amide bonds. The minimum atomic E-state index is -0.522. The van der Waals surface area contributed by atoms with Crippen molar-refractivity contribution in [2.75, 3.05) is 6.54 Å². The SMILES string of the molecule is CC1CCC(O)(CNCc2ccc(Cl)cc2Br)CC1. The van der Waals surface area contributed by atoms with Crippen LogP contribution in [0.15, 0.2) is 22.7 Å². The van der Waals surface area contributed by atoms with Crippen LogP contribution < -0.4 is 5.32 Å². The molecule has 0 radical (unpaired) electrons. The molecule has 1 aliphatic rings. The van der Waals surface area contributed by atoms with Crippen molar-refractivity contribution in [2.24, 2.45) is 5.92 Å². The fourth-order valence-electron chi connectivity index (χ4n) is 2.57. The van der Waals surface area contributed by atoms with Gasteiger partial charge >= 0.3 is 0 Å². The lowest BCUT2D eigenvalue weighted by atomic mass is 9.79. The van der Waals surface area contributed by atoms with Crippen LogP contribution in [0.3, 0.4) is 0 Å². The molecule has 0 bridgehead atoms. The van der Waals surface area contributed by atoms with Gasteiger partial charge in [-0.2, -0.15) is 0 Å². The maximum absolute atomic E-state index is 10.5. The predicted octanol–water partition coefficient (Wildman–Crippen LogP) is 4.13. The molecule has 0 heterocycles. The summed E-state index contributed by atoms with van der Waals surface area (Å²) >= 11 is 9.43. The summed E-state index contributed by atoms with van der Waals surface area (Å²) in [6.45, 7) is 3.67. The lowest BCUT2D eigenvalue weighted by Gasteiger charge is -2.35. The molecule has 2 rings (SSSR count). The van der Waals surface area contributed by atoms with E-state index in [4.69, 9.17) is 11.6 Å². The Morgan fingerprint density at radius 2 is 2.11 bits per heavy atom. The Morgan fingerprint density at radius 3 is 2.74 bits per heavy atom. The topological polar surface area (TPSA) is 32.3 Å². The van der Waals surface area contributed by atoms with Crippen molar-refractivity contribution in [3.05, 3.63) is 33.3 Å². The van der Waals surface area contributed by atoms with Gasteiger partial charge in [0.25, 0.3) is 0 Å². The standard InChI is InChI=1S/C15H21BrClNO/c1-11-4-6-15(19,7-5-11)10-18-9-12-2-3-13(17)8-14(12)16/h2-3,8,11,18-19H,4-7,9-10H2,1H3. The molecular weight excluding hydrogens is 326 g/mol. The highest BCUT2D eigenvalue weighted by Crippen LogP contribution is 2.31. The van der Waals surface area contributed by atoms with E-state index >= 15 is 0 Å². The molecule has 1 aromatic rings. The van der Waals surface area contributed by atoms with Crippen molar-refractivity contribution in [3.8, 4) is 0 Å². The van der Waals surface area contributed by atoms with Crippen LogP contribution in [0, 0.1) is 5.92 Å². The summed E-state index contributed by atoms with van der Waals surface area (Å²) in [5, 5.41) is 14.6. The number of rotatable bonds is 4. The smallest absolute Gasteiger partial charge is 0.0771 e. The molecule has 0 saturated heterocycles. The lowest BCUT2D eigenvalue weighted by Crippen LogP contribution is -2.43.